The minimum atomic E-state index is 0.461. The van der Waals surface area contributed by atoms with Crippen LogP contribution in [0.1, 0.15) is 11.1 Å². The van der Waals surface area contributed by atoms with Gasteiger partial charge in [0.25, 0.3) is 0 Å². The molecule has 0 aliphatic carbocycles. The predicted molar refractivity (Wildman–Crippen MR) is 85.5 cm³/mol. The van der Waals surface area contributed by atoms with Crippen LogP contribution >= 0.6 is 15.9 Å². The molecule has 0 heterocycles. The number of ether oxygens (including phenoxy) is 2. The fourth-order valence-corrected chi connectivity index (χ4v) is 2.14. The maximum Gasteiger partial charge on any atom is 0.142 e. The van der Waals surface area contributed by atoms with Crippen molar-refractivity contribution in [2.45, 2.75) is 13.8 Å². The summed E-state index contributed by atoms with van der Waals surface area (Å²) in [5.74, 6) is 1.55. The van der Waals surface area contributed by atoms with Crippen molar-refractivity contribution < 1.29 is 9.47 Å². The minimum Gasteiger partial charge on any atom is -0.490 e. The molecule has 0 unspecified atom stereocenters. The molecule has 2 rings (SSSR count). The number of hydrogen-bond acceptors (Lipinski definition) is 3. The van der Waals surface area contributed by atoms with Gasteiger partial charge >= 0.3 is 0 Å². The lowest BCUT2D eigenvalue weighted by atomic mass is 10.1. The van der Waals surface area contributed by atoms with E-state index in [-0.39, 0.29) is 0 Å². The highest BCUT2D eigenvalue weighted by atomic mass is 79.9. The predicted octanol–water partition coefficient (Wildman–Crippen LogP) is 4.11. The van der Waals surface area contributed by atoms with E-state index in [9.17, 15) is 0 Å². The number of para-hydroxylation sites is 2. The van der Waals surface area contributed by atoms with Gasteiger partial charge in [-0.15, -0.1) is 0 Å². The van der Waals surface area contributed by atoms with Crippen LogP contribution in [0.25, 0.3) is 0 Å². The Hall–Kier alpha value is -1.68. The molecule has 20 heavy (non-hydrogen) atoms. The number of nitrogen functional groups attached to an aromatic ring is 1. The largest absolute Gasteiger partial charge is 0.490 e. The van der Waals surface area contributed by atoms with Crippen molar-refractivity contribution in [3.05, 3.63) is 52.0 Å². The second kappa shape index (κ2) is 6.66. The molecule has 2 aromatic carbocycles. The van der Waals surface area contributed by atoms with Crippen LogP contribution in [0.2, 0.25) is 0 Å². The Morgan fingerprint density at radius 2 is 1.60 bits per heavy atom. The Balaban J connectivity index is 1.86. The third-order valence-electron chi connectivity index (χ3n) is 2.94. The van der Waals surface area contributed by atoms with Gasteiger partial charge in [-0.3, -0.25) is 0 Å². The smallest absolute Gasteiger partial charge is 0.142 e. The van der Waals surface area contributed by atoms with Gasteiger partial charge < -0.3 is 15.2 Å². The first-order chi connectivity index (χ1) is 9.58. The normalized spacial score (nSPS) is 10.3. The van der Waals surface area contributed by atoms with E-state index in [2.05, 4.69) is 15.9 Å². The zero-order valence-electron chi connectivity index (χ0n) is 11.7. The first-order valence-corrected chi connectivity index (χ1v) is 7.24. The minimum absolute atomic E-state index is 0.461. The van der Waals surface area contributed by atoms with Gasteiger partial charge in [0.2, 0.25) is 0 Å². The topological polar surface area (TPSA) is 44.5 Å². The van der Waals surface area contributed by atoms with Crippen LogP contribution in [0.3, 0.4) is 0 Å². The van der Waals surface area contributed by atoms with Crippen LogP contribution in [0.15, 0.2) is 40.9 Å². The Kier molecular flexibility index (Phi) is 4.90. The summed E-state index contributed by atoms with van der Waals surface area (Å²) in [6.45, 7) is 5.04. The lowest BCUT2D eigenvalue weighted by molar-refractivity contribution is 0.217. The average Bonchev–Trinajstić information content (AvgIpc) is 2.42. The van der Waals surface area contributed by atoms with Gasteiger partial charge in [0, 0.05) is 4.47 Å². The molecule has 0 aliphatic heterocycles. The van der Waals surface area contributed by atoms with Crippen LogP contribution in [0, 0.1) is 13.8 Å². The highest BCUT2D eigenvalue weighted by molar-refractivity contribution is 9.10. The Morgan fingerprint density at radius 3 is 2.25 bits per heavy atom. The average molecular weight is 336 g/mol. The SMILES string of the molecule is Cc1cc(OCCOc2ccccc2N)cc(C)c1Br. The summed E-state index contributed by atoms with van der Waals surface area (Å²) < 4.78 is 12.4. The summed E-state index contributed by atoms with van der Waals surface area (Å²) >= 11 is 3.54. The van der Waals surface area contributed by atoms with E-state index in [1.807, 2.05) is 50.2 Å². The molecule has 0 saturated carbocycles. The van der Waals surface area contributed by atoms with Crippen molar-refractivity contribution >= 4 is 21.6 Å². The molecular weight excluding hydrogens is 318 g/mol. The zero-order chi connectivity index (χ0) is 14.5. The maximum absolute atomic E-state index is 5.80. The molecule has 4 heteroatoms. The molecular formula is C16H18BrNO2. The third-order valence-corrected chi connectivity index (χ3v) is 4.19. The second-order valence-electron chi connectivity index (χ2n) is 4.61. The van der Waals surface area contributed by atoms with E-state index < -0.39 is 0 Å². The monoisotopic (exact) mass is 335 g/mol. The lowest BCUT2D eigenvalue weighted by Gasteiger charge is -2.11. The number of anilines is 1. The number of halogens is 1. The van der Waals surface area contributed by atoms with E-state index in [0.717, 1.165) is 21.3 Å². The summed E-state index contributed by atoms with van der Waals surface area (Å²) in [7, 11) is 0. The molecule has 0 amide bonds. The molecule has 0 aromatic heterocycles. The summed E-state index contributed by atoms with van der Waals surface area (Å²) in [6, 6.07) is 11.5. The van der Waals surface area contributed by atoms with Gasteiger partial charge in [0.1, 0.15) is 24.7 Å². The van der Waals surface area contributed by atoms with Crippen molar-refractivity contribution in [3.8, 4) is 11.5 Å². The molecule has 3 nitrogen and oxygen atoms in total. The highest BCUT2D eigenvalue weighted by Gasteiger charge is 2.03. The van der Waals surface area contributed by atoms with Crippen LogP contribution in [-0.2, 0) is 0 Å². The standard InChI is InChI=1S/C16H18BrNO2/c1-11-9-13(10-12(2)16(11)17)19-7-8-20-15-6-4-3-5-14(15)18/h3-6,9-10H,7-8,18H2,1-2H3. The molecule has 2 N–H and O–H groups in total. The third kappa shape index (κ3) is 3.67. The van der Waals surface area contributed by atoms with Gasteiger partial charge in [0.15, 0.2) is 0 Å². The van der Waals surface area contributed by atoms with Crippen molar-refractivity contribution in [1.29, 1.82) is 0 Å². The Bertz CT molecular complexity index is 576. The zero-order valence-corrected chi connectivity index (χ0v) is 13.2. The van der Waals surface area contributed by atoms with Crippen LogP contribution in [-0.4, -0.2) is 13.2 Å². The van der Waals surface area contributed by atoms with Gasteiger partial charge in [-0.25, -0.2) is 0 Å². The molecule has 0 radical (unpaired) electrons. The molecule has 0 spiro atoms. The quantitative estimate of drug-likeness (QED) is 0.660. The number of rotatable bonds is 5. The first-order valence-electron chi connectivity index (χ1n) is 6.45. The molecule has 106 valence electrons. The van der Waals surface area contributed by atoms with Crippen molar-refractivity contribution in [1.82, 2.24) is 0 Å². The van der Waals surface area contributed by atoms with Crippen molar-refractivity contribution in [3.63, 3.8) is 0 Å². The van der Waals surface area contributed by atoms with Gasteiger partial charge in [-0.1, -0.05) is 28.1 Å². The second-order valence-corrected chi connectivity index (χ2v) is 5.40. The lowest BCUT2D eigenvalue weighted by Crippen LogP contribution is -2.10. The Morgan fingerprint density at radius 1 is 1.00 bits per heavy atom. The number of benzene rings is 2. The Labute approximate surface area is 127 Å². The number of aryl methyl sites for hydroxylation is 2. The first kappa shape index (κ1) is 14.7. The van der Waals surface area contributed by atoms with Gasteiger partial charge in [-0.2, -0.15) is 0 Å². The van der Waals surface area contributed by atoms with Crippen LogP contribution in [0.5, 0.6) is 11.5 Å². The number of nitrogens with two attached hydrogens (primary N) is 1. The van der Waals surface area contributed by atoms with E-state index >= 15 is 0 Å². The fraction of sp³-hybridized carbons (Fsp3) is 0.250. The molecule has 0 aliphatic rings. The number of hydrogen-bond donors (Lipinski definition) is 1. The van der Waals surface area contributed by atoms with Crippen molar-refractivity contribution in [2.24, 2.45) is 0 Å². The highest BCUT2D eigenvalue weighted by Crippen LogP contribution is 2.26. The van der Waals surface area contributed by atoms with E-state index in [4.69, 9.17) is 15.2 Å². The van der Waals surface area contributed by atoms with Gasteiger partial charge in [0.05, 0.1) is 5.69 Å². The maximum atomic E-state index is 5.80. The van der Waals surface area contributed by atoms with E-state index in [0.29, 0.717) is 24.7 Å². The summed E-state index contributed by atoms with van der Waals surface area (Å²) in [5.41, 5.74) is 8.76. The molecule has 0 bridgehead atoms. The van der Waals surface area contributed by atoms with E-state index in [1.54, 1.807) is 0 Å². The fourth-order valence-electron chi connectivity index (χ4n) is 1.91. The molecule has 2 aromatic rings. The molecule has 0 fully saturated rings. The summed E-state index contributed by atoms with van der Waals surface area (Å²) in [4.78, 5) is 0. The molecule has 0 saturated heterocycles. The molecule has 0 atom stereocenters. The van der Waals surface area contributed by atoms with Crippen LogP contribution in [0.4, 0.5) is 5.69 Å². The van der Waals surface area contributed by atoms with E-state index in [1.165, 1.54) is 0 Å². The summed E-state index contributed by atoms with van der Waals surface area (Å²) in [6.07, 6.45) is 0. The van der Waals surface area contributed by atoms with Crippen molar-refractivity contribution in [2.75, 3.05) is 18.9 Å². The van der Waals surface area contributed by atoms with Gasteiger partial charge in [-0.05, 0) is 49.2 Å². The summed E-state index contributed by atoms with van der Waals surface area (Å²) in [5, 5.41) is 0. The van der Waals surface area contributed by atoms with Crippen LogP contribution < -0.4 is 15.2 Å².